The minimum atomic E-state index is -3.52. The number of nitrogens with zero attached hydrogens (tertiary/aromatic N) is 2. The molecule has 1 aliphatic carbocycles. The van der Waals surface area contributed by atoms with Crippen molar-refractivity contribution in [2.75, 3.05) is 38.5 Å². The number of piperazine rings is 1. The van der Waals surface area contributed by atoms with Crippen molar-refractivity contribution in [2.24, 2.45) is 5.92 Å². The zero-order valence-corrected chi connectivity index (χ0v) is 15.3. The van der Waals surface area contributed by atoms with Gasteiger partial charge in [-0.05, 0) is 44.5 Å². The van der Waals surface area contributed by atoms with Gasteiger partial charge in [-0.25, -0.2) is 8.42 Å². The molecule has 6 nitrogen and oxygen atoms in total. The van der Waals surface area contributed by atoms with Crippen molar-refractivity contribution < 1.29 is 13.2 Å². The Bertz CT molecular complexity index is 753. The Labute approximate surface area is 149 Å². The second-order valence-electron chi connectivity index (χ2n) is 6.71. The van der Waals surface area contributed by atoms with E-state index in [9.17, 15) is 13.2 Å². The molecule has 1 saturated heterocycles. The normalized spacial score (nSPS) is 22.7. The Morgan fingerprint density at radius 3 is 2.60 bits per heavy atom. The van der Waals surface area contributed by atoms with E-state index in [4.69, 9.17) is 0 Å². The number of sulfonamides is 1. The van der Waals surface area contributed by atoms with Crippen LogP contribution in [0.3, 0.4) is 0 Å². The fourth-order valence-electron chi connectivity index (χ4n) is 3.19. The van der Waals surface area contributed by atoms with E-state index >= 15 is 0 Å². The van der Waals surface area contributed by atoms with Crippen LogP contribution in [0.1, 0.15) is 19.3 Å². The van der Waals surface area contributed by atoms with E-state index in [-0.39, 0.29) is 16.7 Å². The summed E-state index contributed by atoms with van der Waals surface area (Å²) in [7, 11) is -1.54. The maximum atomic E-state index is 12.8. The molecule has 1 aromatic carbocycles. The SMILES string of the molecule is CN1CCN(S(=O)(=O)c2cccc(NC(=O)[C@@H]3CC=CCC3)c2)CC1. The Kier molecular flexibility index (Phi) is 5.56. The zero-order valence-electron chi connectivity index (χ0n) is 14.5. The smallest absolute Gasteiger partial charge is 0.243 e. The number of rotatable bonds is 4. The van der Waals surface area contributed by atoms with E-state index in [2.05, 4.69) is 16.3 Å². The number of carbonyl (C=O) groups is 1. The summed E-state index contributed by atoms with van der Waals surface area (Å²) in [6.45, 7) is 2.43. The van der Waals surface area contributed by atoms with Crippen molar-refractivity contribution in [3.05, 3.63) is 36.4 Å². The van der Waals surface area contributed by atoms with Gasteiger partial charge < -0.3 is 10.2 Å². The molecule has 0 saturated carbocycles. The molecule has 1 aromatic rings. The molecule has 0 unspecified atom stereocenters. The monoisotopic (exact) mass is 363 g/mol. The lowest BCUT2D eigenvalue weighted by Crippen LogP contribution is -2.47. The zero-order chi connectivity index (χ0) is 17.9. The molecule has 2 aliphatic rings. The van der Waals surface area contributed by atoms with E-state index < -0.39 is 10.0 Å². The minimum Gasteiger partial charge on any atom is -0.326 e. The Morgan fingerprint density at radius 1 is 1.16 bits per heavy atom. The molecular weight excluding hydrogens is 338 g/mol. The molecule has 0 spiro atoms. The molecule has 1 heterocycles. The number of benzene rings is 1. The molecule has 25 heavy (non-hydrogen) atoms. The van der Waals surface area contributed by atoms with Gasteiger partial charge in [0, 0.05) is 37.8 Å². The maximum absolute atomic E-state index is 12.8. The highest BCUT2D eigenvalue weighted by molar-refractivity contribution is 7.89. The number of amides is 1. The topological polar surface area (TPSA) is 69.7 Å². The number of likely N-dealkylation sites (N-methyl/N-ethyl adjacent to an activating group) is 1. The van der Waals surface area contributed by atoms with Gasteiger partial charge in [0.25, 0.3) is 0 Å². The number of carbonyl (C=O) groups excluding carboxylic acids is 1. The van der Waals surface area contributed by atoms with Gasteiger partial charge in [-0.1, -0.05) is 18.2 Å². The predicted molar refractivity (Wildman–Crippen MR) is 97.8 cm³/mol. The highest BCUT2D eigenvalue weighted by Crippen LogP contribution is 2.23. The fourth-order valence-corrected chi connectivity index (χ4v) is 4.66. The fraction of sp³-hybridized carbons (Fsp3) is 0.500. The average molecular weight is 363 g/mol. The molecule has 1 amide bonds. The molecule has 1 N–H and O–H groups in total. The highest BCUT2D eigenvalue weighted by Gasteiger charge is 2.28. The summed E-state index contributed by atoms with van der Waals surface area (Å²) in [6.07, 6.45) is 6.61. The molecule has 136 valence electrons. The highest BCUT2D eigenvalue weighted by atomic mass is 32.2. The first-order chi connectivity index (χ1) is 12.0. The van der Waals surface area contributed by atoms with Crippen LogP contribution in [-0.4, -0.2) is 56.8 Å². The van der Waals surface area contributed by atoms with E-state index in [0.717, 1.165) is 32.4 Å². The largest absolute Gasteiger partial charge is 0.326 e. The van der Waals surface area contributed by atoms with Crippen LogP contribution >= 0.6 is 0 Å². The van der Waals surface area contributed by atoms with Gasteiger partial charge in [0.2, 0.25) is 15.9 Å². The van der Waals surface area contributed by atoms with Gasteiger partial charge in [-0.3, -0.25) is 4.79 Å². The molecule has 1 fully saturated rings. The Balaban J connectivity index is 1.72. The third-order valence-electron chi connectivity index (χ3n) is 4.84. The molecule has 7 heteroatoms. The summed E-state index contributed by atoms with van der Waals surface area (Å²) in [4.78, 5) is 14.7. The van der Waals surface area contributed by atoms with Crippen molar-refractivity contribution >= 4 is 21.6 Å². The van der Waals surface area contributed by atoms with Crippen molar-refractivity contribution in [2.45, 2.75) is 24.2 Å². The number of allylic oxidation sites excluding steroid dienone is 2. The summed E-state index contributed by atoms with van der Waals surface area (Å²) in [5.41, 5.74) is 0.537. The van der Waals surface area contributed by atoms with Crippen LogP contribution in [-0.2, 0) is 14.8 Å². The summed E-state index contributed by atoms with van der Waals surface area (Å²) in [5.74, 6) is -0.0820. The van der Waals surface area contributed by atoms with Crippen LogP contribution in [0.5, 0.6) is 0 Å². The van der Waals surface area contributed by atoms with Crippen LogP contribution < -0.4 is 5.32 Å². The van der Waals surface area contributed by atoms with Crippen molar-refractivity contribution in [3.8, 4) is 0 Å². The van der Waals surface area contributed by atoms with E-state index in [1.165, 1.54) is 4.31 Å². The molecule has 0 bridgehead atoms. The predicted octanol–water partition coefficient (Wildman–Crippen LogP) is 1.92. The van der Waals surface area contributed by atoms with Gasteiger partial charge in [-0.2, -0.15) is 4.31 Å². The lowest BCUT2D eigenvalue weighted by Gasteiger charge is -2.31. The third-order valence-corrected chi connectivity index (χ3v) is 6.74. The Hall–Kier alpha value is -1.70. The third kappa shape index (κ3) is 4.29. The van der Waals surface area contributed by atoms with Gasteiger partial charge in [0.15, 0.2) is 0 Å². The molecule has 1 atom stereocenters. The molecular formula is C18H25N3O3S. The van der Waals surface area contributed by atoms with Gasteiger partial charge in [0.1, 0.15) is 0 Å². The summed E-state index contributed by atoms with van der Waals surface area (Å²) in [6, 6.07) is 6.57. The van der Waals surface area contributed by atoms with E-state index in [1.807, 2.05) is 13.1 Å². The van der Waals surface area contributed by atoms with Crippen molar-refractivity contribution in [1.82, 2.24) is 9.21 Å². The first-order valence-corrected chi connectivity index (χ1v) is 10.2. The minimum absolute atomic E-state index is 0.0390. The van der Waals surface area contributed by atoms with Crippen LogP contribution in [0, 0.1) is 5.92 Å². The first kappa shape index (κ1) is 18.1. The summed E-state index contributed by atoms with van der Waals surface area (Å²) in [5, 5.41) is 2.87. The van der Waals surface area contributed by atoms with Crippen LogP contribution in [0.2, 0.25) is 0 Å². The van der Waals surface area contributed by atoms with E-state index in [1.54, 1.807) is 24.3 Å². The number of anilines is 1. The lowest BCUT2D eigenvalue weighted by atomic mass is 9.93. The Morgan fingerprint density at radius 2 is 1.92 bits per heavy atom. The number of nitrogens with one attached hydrogen (secondary N) is 1. The summed E-state index contributed by atoms with van der Waals surface area (Å²) >= 11 is 0. The van der Waals surface area contributed by atoms with Gasteiger partial charge in [0.05, 0.1) is 4.90 Å². The molecule has 0 aromatic heterocycles. The van der Waals surface area contributed by atoms with Crippen molar-refractivity contribution in [1.29, 1.82) is 0 Å². The van der Waals surface area contributed by atoms with Gasteiger partial charge in [-0.15, -0.1) is 0 Å². The average Bonchev–Trinajstić information content (AvgIpc) is 2.63. The maximum Gasteiger partial charge on any atom is 0.243 e. The number of hydrogen-bond donors (Lipinski definition) is 1. The van der Waals surface area contributed by atoms with Gasteiger partial charge >= 0.3 is 0 Å². The van der Waals surface area contributed by atoms with Crippen molar-refractivity contribution in [3.63, 3.8) is 0 Å². The summed E-state index contributed by atoms with van der Waals surface area (Å²) < 4.78 is 27.2. The molecule has 3 rings (SSSR count). The van der Waals surface area contributed by atoms with E-state index in [0.29, 0.717) is 18.8 Å². The standard InChI is InChI=1S/C18H25N3O3S/c1-20-10-12-21(13-11-20)25(23,24)17-9-5-8-16(14-17)19-18(22)15-6-3-2-4-7-15/h2-3,5,8-9,14-15H,4,6-7,10-13H2,1H3,(H,19,22)/t15-/m1/s1. The number of hydrogen-bond acceptors (Lipinski definition) is 4. The molecule has 0 radical (unpaired) electrons. The van der Waals surface area contributed by atoms with Crippen LogP contribution in [0.25, 0.3) is 0 Å². The second kappa shape index (κ2) is 7.68. The lowest BCUT2D eigenvalue weighted by molar-refractivity contribution is -0.120. The van der Waals surface area contributed by atoms with Crippen LogP contribution in [0.4, 0.5) is 5.69 Å². The van der Waals surface area contributed by atoms with Crippen LogP contribution in [0.15, 0.2) is 41.3 Å². The first-order valence-electron chi connectivity index (χ1n) is 8.71. The molecule has 1 aliphatic heterocycles. The quantitative estimate of drug-likeness (QED) is 0.830. The second-order valence-corrected chi connectivity index (χ2v) is 8.64.